The number of nitrogens with two attached hydrogens (primary N) is 1. The number of ether oxygens (including phenoxy) is 1. The Hall–Kier alpha value is -1.61. The van der Waals surface area contributed by atoms with Crippen molar-refractivity contribution in [1.82, 2.24) is 0 Å². The van der Waals surface area contributed by atoms with Gasteiger partial charge in [0.25, 0.3) is 0 Å². The van der Waals surface area contributed by atoms with Crippen LogP contribution in [-0.4, -0.2) is 19.6 Å². The van der Waals surface area contributed by atoms with Gasteiger partial charge in [-0.3, -0.25) is 4.79 Å². The normalized spacial score (nSPS) is 37.9. The molecule has 2 atom stereocenters. The number of methoxy groups -OCH3 is 1. The lowest BCUT2D eigenvalue weighted by molar-refractivity contribution is -0.140. The van der Waals surface area contributed by atoms with Crippen LogP contribution in [0.25, 0.3) is 0 Å². The second kappa shape index (κ2) is 5.20. The highest BCUT2D eigenvalue weighted by atomic mass is 16.5. The molecule has 5 rings (SSSR count). The Bertz CT molecular complexity index is 631. The summed E-state index contributed by atoms with van der Waals surface area (Å²) in [4.78, 5) is 12.3. The Kier molecular flexibility index (Phi) is 3.38. The molecule has 3 heteroatoms. The number of amides is 1. The first kappa shape index (κ1) is 14.9. The van der Waals surface area contributed by atoms with E-state index in [1.54, 1.807) is 7.11 Å². The van der Waals surface area contributed by atoms with Gasteiger partial charge >= 0.3 is 0 Å². The van der Waals surface area contributed by atoms with Gasteiger partial charge < -0.3 is 10.5 Å². The molecule has 4 fully saturated rings. The lowest BCUT2D eigenvalue weighted by Crippen LogP contribution is -2.59. The predicted octanol–water partition coefficient (Wildman–Crippen LogP) is 3.19. The van der Waals surface area contributed by atoms with E-state index in [0.29, 0.717) is 18.4 Å². The standard InChI is InChI=1S/C20H25NO2/c1-23-8-7-17-14-9-19(16-5-3-2-4-6-16)10-15(17)12-20(11-14,13-19)18(21)22/h2-7,14-15H,8-13H2,1H3,(H2,21,22). The topological polar surface area (TPSA) is 52.3 Å². The number of allylic oxidation sites excluding steroid dienone is 1. The quantitative estimate of drug-likeness (QED) is 0.868. The third-order valence-corrected chi connectivity index (χ3v) is 6.56. The van der Waals surface area contributed by atoms with Gasteiger partial charge in [0.1, 0.15) is 0 Å². The minimum Gasteiger partial charge on any atom is -0.381 e. The number of hydrogen-bond acceptors (Lipinski definition) is 2. The van der Waals surface area contributed by atoms with Gasteiger partial charge in [-0.05, 0) is 54.9 Å². The van der Waals surface area contributed by atoms with Crippen LogP contribution in [0.5, 0.6) is 0 Å². The van der Waals surface area contributed by atoms with Gasteiger partial charge in [0.2, 0.25) is 5.91 Å². The van der Waals surface area contributed by atoms with Crippen molar-refractivity contribution in [3.05, 3.63) is 47.5 Å². The summed E-state index contributed by atoms with van der Waals surface area (Å²) in [7, 11) is 1.74. The molecule has 3 nitrogen and oxygen atoms in total. The second-order valence-electron chi connectivity index (χ2n) is 7.84. The maximum atomic E-state index is 12.3. The van der Waals surface area contributed by atoms with Gasteiger partial charge in [0.05, 0.1) is 12.0 Å². The molecule has 0 aliphatic heterocycles. The summed E-state index contributed by atoms with van der Waals surface area (Å²) in [6.45, 7) is 0.671. The summed E-state index contributed by atoms with van der Waals surface area (Å²) in [5.74, 6) is 0.885. The molecule has 0 saturated heterocycles. The summed E-state index contributed by atoms with van der Waals surface area (Å²) in [6, 6.07) is 10.8. The molecule has 0 heterocycles. The van der Waals surface area contributed by atoms with Crippen LogP contribution in [0, 0.1) is 17.3 Å². The van der Waals surface area contributed by atoms with E-state index < -0.39 is 0 Å². The van der Waals surface area contributed by atoms with Crippen LogP contribution in [0.15, 0.2) is 42.0 Å². The number of primary amides is 1. The molecule has 2 N–H and O–H groups in total. The van der Waals surface area contributed by atoms with E-state index >= 15 is 0 Å². The molecule has 122 valence electrons. The van der Waals surface area contributed by atoms with Gasteiger partial charge in [0, 0.05) is 7.11 Å². The highest BCUT2D eigenvalue weighted by Gasteiger charge is 2.61. The van der Waals surface area contributed by atoms with Crippen molar-refractivity contribution >= 4 is 5.91 Å². The maximum absolute atomic E-state index is 12.3. The lowest BCUT2D eigenvalue weighted by Gasteiger charge is -2.62. The molecule has 2 unspecified atom stereocenters. The van der Waals surface area contributed by atoms with Gasteiger partial charge in [0.15, 0.2) is 0 Å². The zero-order valence-corrected chi connectivity index (χ0v) is 13.8. The van der Waals surface area contributed by atoms with E-state index in [1.165, 1.54) is 11.1 Å². The fraction of sp³-hybridized carbons (Fsp3) is 0.550. The predicted molar refractivity (Wildman–Crippen MR) is 89.8 cm³/mol. The molecule has 4 aliphatic rings. The highest BCUT2D eigenvalue weighted by Crippen LogP contribution is 2.67. The molecule has 0 radical (unpaired) electrons. The molecule has 4 saturated carbocycles. The van der Waals surface area contributed by atoms with E-state index in [-0.39, 0.29) is 16.7 Å². The van der Waals surface area contributed by atoms with Crippen LogP contribution in [0.3, 0.4) is 0 Å². The number of carbonyl (C=O) groups is 1. The first-order valence-corrected chi connectivity index (χ1v) is 8.63. The van der Waals surface area contributed by atoms with E-state index in [0.717, 1.165) is 32.1 Å². The van der Waals surface area contributed by atoms with Crippen molar-refractivity contribution in [3.8, 4) is 0 Å². The van der Waals surface area contributed by atoms with Gasteiger partial charge in [-0.2, -0.15) is 0 Å². The Morgan fingerprint density at radius 3 is 2.43 bits per heavy atom. The summed E-state index contributed by atoms with van der Waals surface area (Å²) in [5, 5.41) is 0. The summed E-state index contributed by atoms with van der Waals surface area (Å²) >= 11 is 0. The SMILES string of the molecule is COCC=C1C2CC3(C(N)=O)CC1CC(c1ccccc1)(C2)C3. The van der Waals surface area contributed by atoms with Crippen molar-refractivity contribution in [1.29, 1.82) is 0 Å². The molecule has 0 spiro atoms. The average Bonchev–Trinajstić information content (AvgIpc) is 2.54. The smallest absolute Gasteiger partial charge is 0.223 e. The molecular formula is C20H25NO2. The number of benzene rings is 1. The minimum absolute atomic E-state index is 0.0852. The van der Waals surface area contributed by atoms with Crippen LogP contribution in [-0.2, 0) is 14.9 Å². The summed E-state index contributed by atoms with van der Waals surface area (Å²) < 4.78 is 5.26. The first-order valence-electron chi connectivity index (χ1n) is 8.63. The zero-order valence-electron chi connectivity index (χ0n) is 13.8. The Morgan fingerprint density at radius 1 is 1.22 bits per heavy atom. The van der Waals surface area contributed by atoms with Crippen LogP contribution < -0.4 is 5.73 Å². The Balaban J connectivity index is 1.77. The average molecular weight is 311 g/mol. The van der Waals surface area contributed by atoms with Gasteiger partial charge in [-0.25, -0.2) is 0 Å². The number of carbonyl (C=O) groups excluding carboxylic acids is 1. The molecule has 23 heavy (non-hydrogen) atoms. The monoisotopic (exact) mass is 311 g/mol. The summed E-state index contributed by atoms with van der Waals surface area (Å²) in [5.41, 5.74) is 8.64. The van der Waals surface area contributed by atoms with Crippen molar-refractivity contribution in [2.45, 2.75) is 37.5 Å². The van der Waals surface area contributed by atoms with E-state index in [9.17, 15) is 4.79 Å². The maximum Gasteiger partial charge on any atom is 0.223 e. The van der Waals surface area contributed by atoms with E-state index in [4.69, 9.17) is 10.5 Å². The fourth-order valence-electron chi connectivity index (χ4n) is 5.87. The first-order chi connectivity index (χ1) is 11.1. The second-order valence-corrected chi connectivity index (χ2v) is 7.84. The molecule has 0 aromatic heterocycles. The minimum atomic E-state index is -0.300. The van der Waals surface area contributed by atoms with E-state index in [2.05, 4.69) is 36.4 Å². The molecule has 1 aromatic rings. The van der Waals surface area contributed by atoms with Crippen LogP contribution >= 0.6 is 0 Å². The third-order valence-electron chi connectivity index (χ3n) is 6.56. The Morgan fingerprint density at radius 2 is 1.87 bits per heavy atom. The molecule has 1 amide bonds. The molecule has 4 bridgehead atoms. The van der Waals surface area contributed by atoms with Crippen LogP contribution in [0.2, 0.25) is 0 Å². The number of rotatable bonds is 4. The highest BCUT2D eigenvalue weighted by molar-refractivity contribution is 5.82. The van der Waals surface area contributed by atoms with Gasteiger partial charge in [-0.15, -0.1) is 0 Å². The number of hydrogen-bond donors (Lipinski definition) is 1. The fourth-order valence-corrected chi connectivity index (χ4v) is 5.87. The van der Waals surface area contributed by atoms with Gasteiger partial charge in [-0.1, -0.05) is 42.0 Å². The van der Waals surface area contributed by atoms with Crippen LogP contribution in [0.4, 0.5) is 0 Å². The molecule has 4 aliphatic carbocycles. The van der Waals surface area contributed by atoms with Crippen molar-refractivity contribution < 1.29 is 9.53 Å². The van der Waals surface area contributed by atoms with E-state index in [1.807, 2.05) is 0 Å². The van der Waals surface area contributed by atoms with Crippen LogP contribution in [0.1, 0.15) is 37.7 Å². The Labute approximate surface area is 137 Å². The lowest BCUT2D eigenvalue weighted by atomic mass is 9.41. The van der Waals surface area contributed by atoms with Crippen molar-refractivity contribution in [2.24, 2.45) is 23.0 Å². The largest absolute Gasteiger partial charge is 0.381 e. The van der Waals surface area contributed by atoms with Crippen molar-refractivity contribution in [2.75, 3.05) is 13.7 Å². The zero-order chi connectivity index (χ0) is 16.1. The van der Waals surface area contributed by atoms with Crippen molar-refractivity contribution in [3.63, 3.8) is 0 Å². The molecule has 1 aromatic carbocycles. The molecular weight excluding hydrogens is 286 g/mol. The third kappa shape index (κ3) is 2.17. The summed E-state index contributed by atoms with van der Waals surface area (Å²) in [6.07, 6.45) is 7.37.